The van der Waals surface area contributed by atoms with Gasteiger partial charge in [0.1, 0.15) is 12.0 Å². The van der Waals surface area contributed by atoms with Gasteiger partial charge in [0, 0.05) is 29.9 Å². The van der Waals surface area contributed by atoms with Gasteiger partial charge in [0.15, 0.2) is 5.82 Å². The highest BCUT2D eigenvalue weighted by molar-refractivity contribution is 5.93. The molecule has 1 aromatic heterocycles. The van der Waals surface area contributed by atoms with Gasteiger partial charge in [-0.2, -0.15) is 0 Å². The number of nitrogens with zero attached hydrogens (tertiary/aromatic N) is 2. The molecule has 0 unspecified atom stereocenters. The summed E-state index contributed by atoms with van der Waals surface area (Å²) in [5, 5.41) is 10.8. The van der Waals surface area contributed by atoms with Crippen molar-refractivity contribution >= 4 is 18.0 Å². The van der Waals surface area contributed by atoms with Gasteiger partial charge in [0.05, 0.1) is 18.0 Å². The zero-order valence-electron chi connectivity index (χ0n) is 19.3. The van der Waals surface area contributed by atoms with Gasteiger partial charge in [-0.25, -0.2) is 4.68 Å². The molecule has 7 heteroatoms. The van der Waals surface area contributed by atoms with Crippen LogP contribution in [0.5, 0.6) is 5.75 Å². The first kappa shape index (κ1) is 23.7. The van der Waals surface area contributed by atoms with E-state index in [0.29, 0.717) is 25.4 Å². The minimum atomic E-state index is -0.386. The molecule has 32 heavy (non-hydrogen) atoms. The molecular weight excluding hydrogens is 404 g/mol. The van der Waals surface area contributed by atoms with E-state index in [1.54, 1.807) is 0 Å². The Hall–Kier alpha value is -2.93. The van der Waals surface area contributed by atoms with Gasteiger partial charge in [-0.3, -0.25) is 4.79 Å². The topological polar surface area (TPSA) is 85.2 Å². The fraction of sp³-hybridized carbons (Fsp3) is 0.480. The molecule has 1 aliphatic rings. The molecule has 172 valence electrons. The van der Waals surface area contributed by atoms with E-state index < -0.39 is 0 Å². The Balaban J connectivity index is 1.95. The van der Waals surface area contributed by atoms with E-state index in [1.807, 2.05) is 49.0 Å². The fourth-order valence-electron chi connectivity index (χ4n) is 4.16. The van der Waals surface area contributed by atoms with Crippen LogP contribution in [0.1, 0.15) is 51.6 Å². The molecule has 2 atom stereocenters. The van der Waals surface area contributed by atoms with Crippen molar-refractivity contribution in [2.75, 3.05) is 25.5 Å². The van der Waals surface area contributed by atoms with Crippen molar-refractivity contribution in [3.8, 4) is 11.4 Å². The van der Waals surface area contributed by atoms with Crippen molar-refractivity contribution in [1.82, 2.24) is 15.1 Å². The van der Waals surface area contributed by atoms with E-state index in [4.69, 9.17) is 9.84 Å². The first-order valence-corrected chi connectivity index (χ1v) is 11.4. The quantitative estimate of drug-likeness (QED) is 0.409. The lowest BCUT2D eigenvalue weighted by atomic mass is 9.76. The zero-order valence-corrected chi connectivity index (χ0v) is 19.3. The number of amides is 1. The molecule has 2 N–H and O–H groups in total. The molecule has 1 aromatic carbocycles. The van der Waals surface area contributed by atoms with Crippen LogP contribution in [0.3, 0.4) is 0 Å². The maximum Gasteiger partial charge on any atom is 0.229 e. The van der Waals surface area contributed by atoms with E-state index in [2.05, 4.69) is 29.7 Å². The van der Waals surface area contributed by atoms with Gasteiger partial charge < -0.3 is 20.2 Å². The molecular formula is C25H34N4O3. The van der Waals surface area contributed by atoms with Crippen molar-refractivity contribution in [3.05, 3.63) is 48.2 Å². The SMILES string of the molecule is CCOc1cccc(-n2nc(NC(=O)[C@@H](CC=O)CCNC)cc2[C@]2(C)CC=CCC2)c1. The van der Waals surface area contributed by atoms with Gasteiger partial charge in [-0.05, 0) is 58.3 Å². The summed E-state index contributed by atoms with van der Waals surface area (Å²) in [5.41, 5.74) is 1.84. The smallest absolute Gasteiger partial charge is 0.229 e. The number of carbonyl (C=O) groups excluding carboxylic acids is 2. The molecule has 0 fully saturated rings. The van der Waals surface area contributed by atoms with Crippen LogP contribution in [0.15, 0.2) is 42.5 Å². The Morgan fingerprint density at radius 3 is 2.88 bits per heavy atom. The minimum absolute atomic E-state index is 0.0966. The first-order valence-electron chi connectivity index (χ1n) is 11.4. The second kappa shape index (κ2) is 11.1. The largest absolute Gasteiger partial charge is 0.494 e. The second-order valence-electron chi connectivity index (χ2n) is 8.51. The molecule has 0 saturated heterocycles. The number of carbonyl (C=O) groups is 2. The number of rotatable bonds is 11. The van der Waals surface area contributed by atoms with Crippen molar-refractivity contribution in [3.63, 3.8) is 0 Å². The Bertz CT molecular complexity index is 952. The van der Waals surface area contributed by atoms with Crippen molar-refractivity contribution < 1.29 is 14.3 Å². The van der Waals surface area contributed by atoms with Crippen LogP contribution in [0.2, 0.25) is 0 Å². The van der Waals surface area contributed by atoms with Crippen LogP contribution in [0, 0.1) is 5.92 Å². The number of benzene rings is 1. The highest BCUT2D eigenvalue weighted by atomic mass is 16.5. The van der Waals surface area contributed by atoms with E-state index in [1.165, 1.54) is 0 Å². The minimum Gasteiger partial charge on any atom is -0.494 e. The Kier molecular flexibility index (Phi) is 8.22. The van der Waals surface area contributed by atoms with Gasteiger partial charge in [-0.15, -0.1) is 5.10 Å². The predicted octanol–water partition coefficient (Wildman–Crippen LogP) is 4.02. The standard InChI is InChI=1S/C25H34N4O3/c1-4-32-21-10-8-9-20(17-21)29-22(25(2)13-6-5-7-14-25)18-23(28-29)27-24(31)19(12-16-30)11-15-26-3/h5-6,8-10,16-19,26H,4,7,11-15H2,1-3H3,(H,27,28,31)/t19-,25-/m1/s1. The Morgan fingerprint density at radius 1 is 1.34 bits per heavy atom. The summed E-state index contributed by atoms with van der Waals surface area (Å²) in [4.78, 5) is 24.0. The lowest BCUT2D eigenvalue weighted by Gasteiger charge is -2.31. The lowest BCUT2D eigenvalue weighted by molar-refractivity contribution is -0.122. The van der Waals surface area contributed by atoms with Crippen LogP contribution in [0.25, 0.3) is 5.69 Å². The maximum atomic E-state index is 12.9. The summed E-state index contributed by atoms with van der Waals surface area (Å²) < 4.78 is 7.60. The van der Waals surface area contributed by atoms with E-state index in [-0.39, 0.29) is 23.7 Å². The molecule has 3 rings (SSSR count). The third-order valence-corrected chi connectivity index (χ3v) is 6.04. The van der Waals surface area contributed by atoms with E-state index in [9.17, 15) is 9.59 Å². The van der Waals surface area contributed by atoms with Gasteiger partial charge >= 0.3 is 0 Å². The first-order chi connectivity index (χ1) is 15.5. The number of hydrogen-bond donors (Lipinski definition) is 2. The second-order valence-corrected chi connectivity index (χ2v) is 8.51. The molecule has 7 nitrogen and oxygen atoms in total. The number of anilines is 1. The molecule has 0 spiro atoms. The van der Waals surface area contributed by atoms with E-state index in [0.717, 1.165) is 42.7 Å². The molecule has 0 radical (unpaired) electrons. The molecule has 1 aliphatic carbocycles. The van der Waals surface area contributed by atoms with Crippen LogP contribution in [-0.2, 0) is 15.0 Å². The van der Waals surface area contributed by atoms with Crippen LogP contribution in [0.4, 0.5) is 5.82 Å². The third kappa shape index (κ3) is 5.65. The third-order valence-electron chi connectivity index (χ3n) is 6.04. The Labute approximate surface area is 190 Å². The molecule has 1 heterocycles. The average molecular weight is 439 g/mol. The summed E-state index contributed by atoms with van der Waals surface area (Å²) in [6.07, 6.45) is 8.94. The van der Waals surface area contributed by atoms with Gasteiger partial charge in [-0.1, -0.05) is 25.1 Å². The number of nitrogens with one attached hydrogen (secondary N) is 2. The molecule has 0 bridgehead atoms. The number of hydrogen-bond acceptors (Lipinski definition) is 5. The Morgan fingerprint density at radius 2 is 2.19 bits per heavy atom. The molecule has 0 aliphatic heterocycles. The lowest BCUT2D eigenvalue weighted by Crippen LogP contribution is -2.26. The number of ether oxygens (including phenoxy) is 1. The normalized spacial score (nSPS) is 18.8. The fourth-order valence-corrected chi connectivity index (χ4v) is 4.16. The summed E-state index contributed by atoms with van der Waals surface area (Å²) in [6.45, 7) is 5.45. The summed E-state index contributed by atoms with van der Waals surface area (Å²) in [5.74, 6) is 0.718. The van der Waals surface area contributed by atoms with Gasteiger partial charge in [0.25, 0.3) is 0 Å². The number of aromatic nitrogens is 2. The van der Waals surface area contributed by atoms with Crippen molar-refractivity contribution in [2.24, 2.45) is 5.92 Å². The molecule has 0 saturated carbocycles. The van der Waals surface area contributed by atoms with Crippen LogP contribution in [-0.4, -0.2) is 42.2 Å². The zero-order chi connectivity index (χ0) is 23.0. The number of allylic oxidation sites excluding steroid dienone is 2. The van der Waals surface area contributed by atoms with Crippen LogP contribution < -0.4 is 15.4 Å². The monoisotopic (exact) mass is 438 g/mol. The molecule has 2 aromatic rings. The summed E-state index contributed by atoms with van der Waals surface area (Å²) >= 11 is 0. The summed E-state index contributed by atoms with van der Waals surface area (Å²) in [6, 6.07) is 9.81. The van der Waals surface area contributed by atoms with Crippen molar-refractivity contribution in [2.45, 2.75) is 51.4 Å². The predicted molar refractivity (Wildman–Crippen MR) is 126 cm³/mol. The number of aldehydes is 1. The highest BCUT2D eigenvalue weighted by Crippen LogP contribution is 2.38. The summed E-state index contributed by atoms with van der Waals surface area (Å²) in [7, 11) is 1.83. The maximum absolute atomic E-state index is 12.9. The molecule has 1 amide bonds. The van der Waals surface area contributed by atoms with Gasteiger partial charge in [0.2, 0.25) is 5.91 Å². The van der Waals surface area contributed by atoms with E-state index >= 15 is 0 Å². The van der Waals surface area contributed by atoms with Crippen LogP contribution >= 0.6 is 0 Å². The average Bonchev–Trinajstić information content (AvgIpc) is 3.22. The van der Waals surface area contributed by atoms with Crippen molar-refractivity contribution in [1.29, 1.82) is 0 Å². The highest BCUT2D eigenvalue weighted by Gasteiger charge is 2.32.